The first kappa shape index (κ1) is 16.9. The van der Waals surface area contributed by atoms with Gasteiger partial charge in [0.2, 0.25) is 5.91 Å². The number of carbonyl (C=O) groups excluding carboxylic acids is 2. The second-order valence-corrected chi connectivity index (χ2v) is 6.11. The van der Waals surface area contributed by atoms with E-state index in [1.165, 1.54) is 6.20 Å². The molecule has 2 aromatic rings. The van der Waals surface area contributed by atoms with Crippen molar-refractivity contribution >= 4 is 17.6 Å². The van der Waals surface area contributed by atoms with Crippen molar-refractivity contribution in [2.24, 2.45) is 0 Å². The minimum absolute atomic E-state index is 0.0143. The van der Waals surface area contributed by atoms with E-state index in [0.29, 0.717) is 43.3 Å². The Morgan fingerprint density at radius 2 is 1.96 bits per heavy atom. The number of hydrogen-bond acceptors (Lipinski definition) is 6. The second-order valence-electron chi connectivity index (χ2n) is 6.11. The molecule has 0 atom stereocenters. The molecule has 0 spiro atoms. The minimum atomic E-state index is -0.0901. The van der Waals surface area contributed by atoms with Crippen LogP contribution in [0.15, 0.2) is 28.9 Å². The van der Waals surface area contributed by atoms with Crippen LogP contribution in [0.4, 0.5) is 5.82 Å². The zero-order chi connectivity index (χ0) is 17.8. The molecule has 1 saturated heterocycles. The summed E-state index contributed by atoms with van der Waals surface area (Å²) in [5.41, 5.74) is 6.82. The van der Waals surface area contributed by atoms with Gasteiger partial charge < -0.3 is 20.1 Å². The van der Waals surface area contributed by atoms with Crippen LogP contribution in [0, 0.1) is 6.92 Å². The number of amides is 2. The Labute approximate surface area is 145 Å². The Morgan fingerprint density at radius 1 is 1.20 bits per heavy atom. The molecule has 2 aromatic heterocycles. The van der Waals surface area contributed by atoms with Crippen molar-refractivity contribution in [3.63, 3.8) is 0 Å². The van der Waals surface area contributed by atoms with Crippen LogP contribution in [0.25, 0.3) is 0 Å². The largest absolute Gasteiger partial charge is 0.384 e. The lowest BCUT2D eigenvalue weighted by Gasteiger charge is -2.22. The Hall–Kier alpha value is -2.90. The van der Waals surface area contributed by atoms with E-state index in [2.05, 4.69) is 10.1 Å². The molecule has 8 heteroatoms. The first-order valence-corrected chi connectivity index (χ1v) is 8.23. The van der Waals surface area contributed by atoms with Gasteiger partial charge in [-0.2, -0.15) is 0 Å². The second kappa shape index (κ2) is 7.33. The molecule has 1 aliphatic heterocycles. The maximum Gasteiger partial charge on any atom is 0.255 e. The molecular weight excluding hydrogens is 322 g/mol. The van der Waals surface area contributed by atoms with Crippen molar-refractivity contribution in [3.05, 3.63) is 41.4 Å². The fourth-order valence-electron chi connectivity index (χ4n) is 2.84. The van der Waals surface area contributed by atoms with E-state index in [-0.39, 0.29) is 18.2 Å². The predicted molar refractivity (Wildman–Crippen MR) is 90.7 cm³/mol. The normalized spacial score (nSPS) is 15.1. The molecular formula is C17H21N5O3. The summed E-state index contributed by atoms with van der Waals surface area (Å²) in [6.07, 6.45) is 2.41. The molecule has 0 radical (unpaired) electrons. The lowest BCUT2D eigenvalue weighted by molar-refractivity contribution is -0.130. The molecule has 0 saturated carbocycles. The Bertz CT molecular complexity index is 756. The Kier molecular flexibility index (Phi) is 4.97. The van der Waals surface area contributed by atoms with Crippen LogP contribution in [0.2, 0.25) is 0 Å². The van der Waals surface area contributed by atoms with Crippen molar-refractivity contribution in [1.82, 2.24) is 19.9 Å². The van der Waals surface area contributed by atoms with Crippen molar-refractivity contribution in [2.75, 3.05) is 31.9 Å². The number of aromatic nitrogens is 2. The van der Waals surface area contributed by atoms with Gasteiger partial charge in [-0.25, -0.2) is 4.98 Å². The van der Waals surface area contributed by atoms with Crippen LogP contribution in [0.1, 0.15) is 28.2 Å². The highest BCUT2D eigenvalue weighted by molar-refractivity contribution is 5.94. The number of aryl methyl sites for hydroxylation is 1. The first-order valence-electron chi connectivity index (χ1n) is 8.23. The number of carbonyl (C=O) groups is 2. The molecule has 0 aliphatic carbocycles. The third kappa shape index (κ3) is 4.14. The standard InChI is InChI=1S/C17H21N5O3/c1-12-9-14(25-20-12)10-16(23)21-5-2-6-22(8-7-21)17(24)13-3-4-15(18)19-11-13/h3-4,9,11H,2,5-8,10H2,1H3,(H2,18,19). The third-order valence-corrected chi connectivity index (χ3v) is 4.17. The molecule has 3 rings (SSSR count). The van der Waals surface area contributed by atoms with Gasteiger partial charge in [-0.3, -0.25) is 9.59 Å². The highest BCUT2D eigenvalue weighted by Gasteiger charge is 2.23. The summed E-state index contributed by atoms with van der Waals surface area (Å²) in [6.45, 7) is 4.04. The Balaban J connectivity index is 1.59. The van der Waals surface area contributed by atoms with Crippen LogP contribution in [0.5, 0.6) is 0 Å². The van der Waals surface area contributed by atoms with Gasteiger partial charge in [-0.1, -0.05) is 5.16 Å². The van der Waals surface area contributed by atoms with Crippen molar-refractivity contribution in [1.29, 1.82) is 0 Å². The molecule has 0 bridgehead atoms. The van der Waals surface area contributed by atoms with Crippen LogP contribution < -0.4 is 5.73 Å². The van der Waals surface area contributed by atoms with Crippen molar-refractivity contribution in [3.8, 4) is 0 Å². The maximum atomic E-state index is 12.6. The van der Waals surface area contributed by atoms with Gasteiger partial charge >= 0.3 is 0 Å². The van der Waals surface area contributed by atoms with Crippen molar-refractivity contribution in [2.45, 2.75) is 19.8 Å². The highest BCUT2D eigenvalue weighted by atomic mass is 16.5. The highest BCUT2D eigenvalue weighted by Crippen LogP contribution is 2.12. The van der Waals surface area contributed by atoms with E-state index in [4.69, 9.17) is 10.3 Å². The van der Waals surface area contributed by atoms with Gasteiger partial charge in [0, 0.05) is 38.4 Å². The van der Waals surface area contributed by atoms with Gasteiger partial charge in [-0.05, 0) is 25.5 Å². The lowest BCUT2D eigenvalue weighted by Crippen LogP contribution is -2.38. The lowest BCUT2D eigenvalue weighted by atomic mass is 10.2. The average molecular weight is 343 g/mol. The number of pyridine rings is 1. The monoisotopic (exact) mass is 343 g/mol. The summed E-state index contributed by atoms with van der Waals surface area (Å²) in [5.74, 6) is 0.840. The zero-order valence-corrected chi connectivity index (χ0v) is 14.1. The maximum absolute atomic E-state index is 12.6. The van der Waals surface area contributed by atoms with E-state index < -0.39 is 0 Å². The van der Waals surface area contributed by atoms with E-state index in [9.17, 15) is 9.59 Å². The van der Waals surface area contributed by atoms with Gasteiger partial charge in [0.25, 0.3) is 5.91 Å². The van der Waals surface area contributed by atoms with Gasteiger partial charge in [-0.15, -0.1) is 0 Å². The number of anilines is 1. The molecule has 2 amide bonds. The molecule has 0 aromatic carbocycles. The van der Waals surface area contributed by atoms with Gasteiger partial charge in [0.1, 0.15) is 11.6 Å². The summed E-state index contributed by atoms with van der Waals surface area (Å²) < 4.78 is 5.10. The van der Waals surface area contributed by atoms with Crippen LogP contribution in [-0.4, -0.2) is 57.9 Å². The van der Waals surface area contributed by atoms with E-state index in [1.54, 1.807) is 28.0 Å². The van der Waals surface area contributed by atoms with E-state index in [0.717, 1.165) is 12.1 Å². The zero-order valence-electron chi connectivity index (χ0n) is 14.1. The summed E-state index contributed by atoms with van der Waals surface area (Å²) in [7, 11) is 0. The average Bonchev–Trinajstić information content (AvgIpc) is 2.86. The fraction of sp³-hybridized carbons (Fsp3) is 0.412. The number of hydrogen-bond donors (Lipinski definition) is 1. The van der Waals surface area contributed by atoms with E-state index >= 15 is 0 Å². The minimum Gasteiger partial charge on any atom is -0.384 e. The Morgan fingerprint density at radius 3 is 2.64 bits per heavy atom. The molecule has 8 nitrogen and oxygen atoms in total. The molecule has 0 unspecified atom stereocenters. The molecule has 3 heterocycles. The predicted octanol–water partition coefficient (Wildman–Crippen LogP) is 0.877. The number of nitrogens with zero attached hydrogens (tertiary/aromatic N) is 4. The van der Waals surface area contributed by atoms with Gasteiger partial charge in [0.05, 0.1) is 17.7 Å². The van der Waals surface area contributed by atoms with E-state index in [1.807, 2.05) is 6.92 Å². The number of nitrogens with two attached hydrogens (primary N) is 1. The molecule has 132 valence electrons. The fourth-order valence-corrected chi connectivity index (χ4v) is 2.84. The van der Waals surface area contributed by atoms with Crippen LogP contribution in [0.3, 0.4) is 0 Å². The summed E-state index contributed by atoms with van der Waals surface area (Å²) in [4.78, 5) is 32.5. The number of nitrogen functional groups attached to an aromatic ring is 1. The SMILES string of the molecule is Cc1cc(CC(=O)N2CCCN(C(=O)c3ccc(N)nc3)CC2)on1. The molecule has 1 aliphatic rings. The topological polar surface area (TPSA) is 106 Å². The van der Waals surface area contributed by atoms with Gasteiger partial charge in [0.15, 0.2) is 0 Å². The van der Waals surface area contributed by atoms with Crippen LogP contribution in [-0.2, 0) is 11.2 Å². The molecule has 1 fully saturated rings. The number of rotatable bonds is 3. The summed E-state index contributed by atoms with van der Waals surface area (Å²) in [5, 5.41) is 3.79. The third-order valence-electron chi connectivity index (χ3n) is 4.17. The quantitative estimate of drug-likeness (QED) is 0.887. The summed E-state index contributed by atoms with van der Waals surface area (Å²) in [6, 6.07) is 5.05. The molecule has 25 heavy (non-hydrogen) atoms. The first-order chi connectivity index (χ1) is 12.0. The smallest absolute Gasteiger partial charge is 0.255 e. The van der Waals surface area contributed by atoms with Crippen molar-refractivity contribution < 1.29 is 14.1 Å². The molecule has 2 N–H and O–H groups in total. The van der Waals surface area contributed by atoms with Crippen LogP contribution >= 0.6 is 0 Å². The summed E-state index contributed by atoms with van der Waals surface area (Å²) >= 11 is 0.